The molecule has 0 amide bonds. The van der Waals surface area contributed by atoms with Crippen molar-refractivity contribution in [3.63, 3.8) is 0 Å². The van der Waals surface area contributed by atoms with Crippen LogP contribution in [-0.4, -0.2) is 71.2 Å². The van der Waals surface area contributed by atoms with Crippen molar-refractivity contribution in [1.29, 1.82) is 0 Å². The monoisotopic (exact) mass is 862 g/mol. The summed E-state index contributed by atoms with van der Waals surface area (Å²) in [5.41, 5.74) is 0.390. The minimum Gasteiger partial charge on any atom is -0.545 e. The van der Waals surface area contributed by atoms with Crippen LogP contribution in [0.3, 0.4) is 0 Å². The second kappa shape index (κ2) is 34.0. The van der Waals surface area contributed by atoms with Crippen molar-refractivity contribution in [1.82, 2.24) is 9.97 Å². The Bertz CT molecular complexity index is 1030. The van der Waals surface area contributed by atoms with Crippen LogP contribution in [0.15, 0.2) is 36.7 Å². The molecule has 0 unspecified atom stereocenters. The van der Waals surface area contributed by atoms with E-state index in [1.165, 1.54) is 139 Å². The SMILES string of the molecule is CCCC[P+](CCCC)(CCCC)CCCC.CCCC[P+](CCCC)(CCCC)CCCC.O=C([O-])c1ccnc(-c2cc(C(=O)[O-])ccn2)c1.[Ru+2]. The van der Waals surface area contributed by atoms with Crippen molar-refractivity contribution in [3.05, 3.63) is 47.8 Å². The third kappa shape index (κ3) is 24.1. The summed E-state index contributed by atoms with van der Waals surface area (Å²) in [6.07, 6.45) is 38.5. The topological polar surface area (TPSA) is 106 Å². The van der Waals surface area contributed by atoms with Crippen molar-refractivity contribution in [2.45, 2.75) is 158 Å². The predicted octanol–water partition coefficient (Wildman–Crippen LogP) is 11.3. The van der Waals surface area contributed by atoms with E-state index in [9.17, 15) is 19.8 Å². The summed E-state index contributed by atoms with van der Waals surface area (Å²) in [6.45, 7) is 18.8. The van der Waals surface area contributed by atoms with Gasteiger partial charge in [0.15, 0.2) is 0 Å². The third-order valence-corrected chi connectivity index (χ3v) is 20.3. The quantitative estimate of drug-likeness (QED) is 0.0654. The smallest absolute Gasteiger partial charge is 0.545 e. The average molecular weight is 862 g/mol. The van der Waals surface area contributed by atoms with Gasteiger partial charge in [-0.15, -0.1) is 0 Å². The summed E-state index contributed by atoms with van der Waals surface area (Å²) in [6, 6.07) is 5.08. The molecule has 0 bridgehead atoms. The Morgan fingerprint density at radius 1 is 0.453 bits per heavy atom. The van der Waals surface area contributed by atoms with Crippen LogP contribution in [-0.2, 0) is 19.5 Å². The number of hydrogen-bond donors (Lipinski definition) is 0. The number of aromatic carboxylic acids is 2. The van der Waals surface area contributed by atoms with Crippen LogP contribution in [0, 0.1) is 0 Å². The Hall–Kier alpha value is -1.28. The van der Waals surface area contributed by atoms with Crippen LogP contribution in [0.2, 0.25) is 0 Å². The van der Waals surface area contributed by atoms with Crippen molar-refractivity contribution in [2.75, 3.05) is 49.3 Å². The molecule has 0 aliphatic carbocycles. The Morgan fingerprint density at radius 3 is 0.830 bits per heavy atom. The number of pyridine rings is 2. The molecule has 0 spiro atoms. The molecule has 2 rings (SSSR count). The molecule has 0 aliphatic rings. The van der Waals surface area contributed by atoms with Crippen molar-refractivity contribution >= 4 is 26.5 Å². The summed E-state index contributed by atoms with van der Waals surface area (Å²) in [5, 5.41) is 21.4. The van der Waals surface area contributed by atoms with E-state index in [4.69, 9.17) is 0 Å². The van der Waals surface area contributed by atoms with Gasteiger partial charge in [0, 0.05) is 38.0 Å². The van der Waals surface area contributed by atoms with Crippen LogP contribution >= 0.6 is 14.5 Å². The van der Waals surface area contributed by atoms with Gasteiger partial charge in [0.25, 0.3) is 0 Å². The number of carbonyl (C=O) groups excluding carboxylic acids is 2. The number of carboxylic acids is 2. The molecule has 0 saturated carbocycles. The van der Waals surface area contributed by atoms with Gasteiger partial charge in [-0.1, -0.05) is 107 Å². The molecule has 9 heteroatoms. The van der Waals surface area contributed by atoms with E-state index in [0.29, 0.717) is 0 Å². The fraction of sp³-hybridized carbons (Fsp3) is 0.727. The Labute approximate surface area is 340 Å². The Morgan fingerprint density at radius 2 is 0.660 bits per heavy atom. The number of unbranched alkanes of at least 4 members (excludes halogenated alkanes) is 8. The molecule has 0 atom stereocenters. The minimum absolute atomic E-state index is 0. The van der Waals surface area contributed by atoms with Gasteiger partial charge < -0.3 is 19.8 Å². The van der Waals surface area contributed by atoms with Gasteiger partial charge in [0.05, 0.1) is 72.6 Å². The van der Waals surface area contributed by atoms with Crippen LogP contribution in [0.1, 0.15) is 179 Å². The number of carbonyl (C=O) groups is 2. The molecule has 2 heterocycles. The van der Waals surface area contributed by atoms with Gasteiger partial charge in [-0.3, -0.25) is 9.97 Å². The maximum atomic E-state index is 10.7. The first-order valence-corrected chi connectivity index (χ1v) is 26.2. The summed E-state index contributed by atoms with van der Waals surface area (Å²) in [7, 11) is -1.12. The molecule has 0 fully saturated rings. The zero-order valence-corrected chi connectivity index (χ0v) is 38.7. The number of nitrogens with zero attached hydrogens (tertiary/aromatic N) is 2. The van der Waals surface area contributed by atoms with Gasteiger partial charge in [0.2, 0.25) is 0 Å². The maximum absolute atomic E-state index is 10.7. The third-order valence-electron chi connectivity index (χ3n) is 10.1. The van der Waals surface area contributed by atoms with Gasteiger partial charge in [-0.25, -0.2) is 0 Å². The standard InChI is InChI=1S/2C16H36P.C12H8N2O4.Ru/c2*1-5-9-13-17(14-10-6-2,15-11-7-3)16-12-8-4;15-11(16)7-1-3-13-9(5-7)10-6-8(12(17)18)2-4-14-10;/h2*5-16H2,1-4H3;1-6H,(H,15,16)(H,17,18);/q2*+1;;+2/p-2. The van der Waals surface area contributed by atoms with Gasteiger partial charge >= 0.3 is 19.5 Å². The predicted molar refractivity (Wildman–Crippen MR) is 228 cm³/mol. The molecule has 0 aliphatic heterocycles. The molecular formula is C44H78N2O4P2Ru+2. The van der Waals surface area contributed by atoms with E-state index in [2.05, 4.69) is 65.4 Å². The molecular weight excluding hydrogens is 784 g/mol. The van der Waals surface area contributed by atoms with E-state index in [0.717, 1.165) is 0 Å². The first-order valence-electron chi connectivity index (χ1n) is 21.1. The second-order valence-electron chi connectivity index (χ2n) is 14.7. The van der Waals surface area contributed by atoms with Crippen molar-refractivity contribution in [2.24, 2.45) is 0 Å². The number of hydrogen-bond acceptors (Lipinski definition) is 6. The molecule has 0 N–H and O–H groups in total. The van der Waals surface area contributed by atoms with Crippen LogP contribution in [0.5, 0.6) is 0 Å². The maximum Gasteiger partial charge on any atom is 2.00 e. The summed E-state index contributed by atoms with van der Waals surface area (Å²) < 4.78 is 0. The fourth-order valence-electron chi connectivity index (χ4n) is 6.69. The largest absolute Gasteiger partial charge is 2.00 e. The average Bonchev–Trinajstić information content (AvgIpc) is 3.17. The van der Waals surface area contributed by atoms with Crippen LogP contribution in [0.4, 0.5) is 0 Å². The Balaban J connectivity index is 0. The number of rotatable bonds is 27. The van der Waals surface area contributed by atoms with E-state index < -0.39 is 26.5 Å². The number of aromatic nitrogens is 2. The molecule has 0 radical (unpaired) electrons. The van der Waals surface area contributed by atoms with E-state index in [1.807, 2.05) is 0 Å². The zero-order chi connectivity index (χ0) is 39.1. The minimum atomic E-state index is -1.34. The molecule has 53 heavy (non-hydrogen) atoms. The Kier molecular flexibility index (Phi) is 34.5. The molecule has 304 valence electrons. The van der Waals surface area contributed by atoms with E-state index in [-0.39, 0.29) is 42.0 Å². The molecule has 0 saturated heterocycles. The van der Waals surface area contributed by atoms with Crippen molar-refractivity contribution in [3.8, 4) is 11.4 Å². The van der Waals surface area contributed by atoms with Gasteiger partial charge in [-0.2, -0.15) is 0 Å². The molecule has 2 aromatic rings. The fourth-order valence-corrected chi connectivity index (χ4v) is 17.3. The van der Waals surface area contributed by atoms with Crippen LogP contribution in [0.25, 0.3) is 11.4 Å². The molecule has 0 aromatic carbocycles. The van der Waals surface area contributed by atoms with Crippen molar-refractivity contribution < 1.29 is 39.3 Å². The van der Waals surface area contributed by atoms with Crippen LogP contribution < -0.4 is 10.2 Å². The molecule has 2 aromatic heterocycles. The first kappa shape index (κ1) is 53.8. The molecule has 6 nitrogen and oxygen atoms in total. The summed E-state index contributed by atoms with van der Waals surface area (Å²) in [5.74, 6) is -2.68. The summed E-state index contributed by atoms with van der Waals surface area (Å²) in [4.78, 5) is 29.2. The first-order chi connectivity index (χ1) is 25.1. The summed E-state index contributed by atoms with van der Waals surface area (Å²) >= 11 is 0. The zero-order valence-electron chi connectivity index (χ0n) is 35.2. The van der Waals surface area contributed by atoms with Gasteiger partial charge in [0.1, 0.15) is 0 Å². The van der Waals surface area contributed by atoms with E-state index in [1.54, 1.807) is 49.3 Å². The number of carboxylic acid groups (broad SMARTS) is 2. The van der Waals surface area contributed by atoms with Gasteiger partial charge in [-0.05, 0) is 75.6 Å². The second-order valence-corrected chi connectivity index (χ2v) is 23.7. The normalized spacial score (nSPS) is 11.1. The van der Waals surface area contributed by atoms with E-state index >= 15 is 0 Å².